The van der Waals surface area contributed by atoms with Crippen LogP contribution in [0.3, 0.4) is 0 Å². The molecule has 0 atom stereocenters. The summed E-state index contributed by atoms with van der Waals surface area (Å²) < 4.78 is 32.2. The minimum absolute atomic E-state index is 0.182. The summed E-state index contributed by atoms with van der Waals surface area (Å²) in [5, 5.41) is 10.9. The number of carbonyl (C=O) groups excluding carboxylic acids is 1. The van der Waals surface area contributed by atoms with Crippen LogP contribution in [0.5, 0.6) is 0 Å². The average Bonchev–Trinajstić information content (AvgIpc) is 2.55. The first kappa shape index (κ1) is 18.4. The fourth-order valence-corrected chi connectivity index (χ4v) is 3.61. The van der Waals surface area contributed by atoms with Gasteiger partial charge in [-0.15, -0.1) is 0 Å². The van der Waals surface area contributed by atoms with Crippen molar-refractivity contribution in [1.29, 1.82) is 0 Å². The minimum atomic E-state index is -4.03. The standard InChI is InChI=1S/C16H16N2O6S/c1-10-4-6-13(18(20)21)9-15(10)25(22,23)17-14-7-5-12(8-11(14)2)16(19)24-3/h4-9,17H,1-3H3. The Labute approximate surface area is 144 Å². The molecule has 0 aliphatic carbocycles. The van der Waals surface area contributed by atoms with Gasteiger partial charge in [-0.2, -0.15) is 0 Å². The number of anilines is 1. The second-order valence-electron chi connectivity index (χ2n) is 5.33. The van der Waals surface area contributed by atoms with Gasteiger partial charge < -0.3 is 4.74 Å². The number of hydrogen-bond donors (Lipinski definition) is 1. The summed E-state index contributed by atoms with van der Waals surface area (Å²) in [4.78, 5) is 21.5. The Hall–Kier alpha value is -2.94. The van der Waals surface area contributed by atoms with E-state index in [1.54, 1.807) is 13.8 Å². The van der Waals surface area contributed by atoms with Crippen molar-refractivity contribution in [2.75, 3.05) is 11.8 Å². The highest BCUT2D eigenvalue weighted by molar-refractivity contribution is 7.92. The van der Waals surface area contributed by atoms with Gasteiger partial charge in [-0.3, -0.25) is 14.8 Å². The minimum Gasteiger partial charge on any atom is -0.465 e. The van der Waals surface area contributed by atoms with E-state index < -0.39 is 20.9 Å². The lowest BCUT2D eigenvalue weighted by Gasteiger charge is -2.13. The van der Waals surface area contributed by atoms with E-state index in [0.717, 1.165) is 6.07 Å². The van der Waals surface area contributed by atoms with Crippen LogP contribution in [-0.4, -0.2) is 26.4 Å². The van der Waals surface area contributed by atoms with E-state index in [4.69, 9.17) is 0 Å². The first-order valence-corrected chi connectivity index (χ1v) is 8.61. The monoisotopic (exact) mass is 364 g/mol. The smallest absolute Gasteiger partial charge is 0.337 e. The van der Waals surface area contributed by atoms with Crippen LogP contribution in [0.4, 0.5) is 11.4 Å². The Bertz CT molecular complexity index is 953. The molecule has 0 heterocycles. The van der Waals surface area contributed by atoms with Crippen molar-refractivity contribution in [3.8, 4) is 0 Å². The number of non-ortho nitro benzene ring substituents is 1. The molecule has 2 rings (SSSR count). The maximum absolute atomic E-state index is 12.6. The molecule has 2 aromatic carbocycles. The largest absolute Gasteiger partial charge is 0.465 e. The number of methoxy groups -OCH3 is 1. The van der Waals surface area contributed by atoms with Gasteiger partial charge in [-0.05, 0) is 43.2 Å². The SMILES string of the molecule is COC(=O)c1ccc(NS(=O)(=O)c2cc([N+](=O)[O-])ccc2C)c(C)c1. The number of ether oxygens (including phenoxy) is 1. The number of hydrogen-bond acceptors (Lipinski definition) is 6. The lowest BCUT2D eigenvalue weighted by Crippen LogP contribution is -2.15. The lowest BCUT2D eigenvalue weighted by molar-refractivity contribution is -0.385. The predicted molar refractivity (Wildman–Crippen MR) is 91.2 cm³/mol. The molecule has 0 fully saturated rings. The number of esters is 1. The zero-order valence-electron chi connectivity index (χ0n) is 13.8. The van der Waals surface area contributed by atoms with Crippen LogP contribution in [0, 0.1) is 24.0 Å². The average molecular weight is 364 g/mol. The molecule has 0 aliphatic heterocycles. The summed E-state index contributed by atoms with van der Waals surface area (Å²) in [5.41, 5.74) is 1.12. The van der Waals surface area contributed by atoms with Crippen LogP contribution in [0.2, 0.25) is 0 Å². The molecule has 132 valence electrons. The molecule has 0 saturated heterocycles. The molecule has 0 saturated carbocycles. The molecular formula is C16H16N2O6S. The van der Waals surface area contributed by atoms with Crippen LogP contribution in [0.15, 0.2) is 41.3 Å². The molecule has 0 aromatic heterocycles. The van der Waals surface area contributed by atoms with Crippen molar-refractivity contribution in [3.63, 3.8) is 0 Å². The molecule has 0 unspecified atom stereocenters. The van der Waals surface area contributed by atoms with Gasteiger partial charge in [0.1, 0.15) is 0 Å². The first-order valence-electron chi connectivity index (χ1n) is 7.12. The van der Waals surface area contributed by atoms with Gasteiger partial charge in [0.25, 0.3) is 15.7 Å². The second kappa shape index (κ2) is 6.89. The lowest BCUT2D eigenvalue weighted by atomic mass is 10.1. The van der Waals surface area contributed by atoms with Crippen molar-refractivity contribution < 1.29 is 22.9 Å². The molecule has 2 aromatic rings. The Morgan fingerprint density at radius 3 is 2.36 bits per heavy atom. The van der Waals surface area contributed by atoms with E-state index in [2.05, 4.69) is 9.46 Å². The maximum Gasteiger partial charge on any atom is 0.337 e. The third-order valence-corrected chi connectivity index (χ3v) is 5.07. The summed E-state index contributed by atoms with van der Waals surface area (Å²) in [7, 11) is -2.78. The molecular weight excluding hydrogens is 348 g/mol. The van der Waals surface area contributed by atoms with E-state index in [1.165, 1.54) is 37.4 Å². The highest BCUT2D eigenvalue weighted by atomic mass is 32.2. The van der Waals surface area contributed by atoms with E-state index in [-0.39, 0.29) is 21.8 Å². The Kier molecular flexibility index (Phi) is 5.07. The summed E-state index contributed by atoms with van der Waals surface area (Å²) in [6.07, 6.45) is 0. The van der Waals surface area contributed by atoms with Crippen LogP contribution < -0.4 is 4.72 Å². The molecule has 0 aliphatic rings. The summed E-state index contributed by atoms with van der Waals surface area (Å²) in [5.74, 6) is -0.535. The van der Waals surface area contributed by atoms with Crippen molar-refractivity contribution in [2.45, 2.75) is 18.7 Å². The fraction of sp³-hybridized carbons (Fsp3) is 0.188. The highest BCUT2D eigenvalue weighted by Gasteiger charge is 2.21. The Morgan fingerprint density at radius 2 is 1.80 bits per heavy atom. The van der Waals surface area contributed by atoms with Crippen molar-refractivity contribution in [3.05, 3.63) is 63.2 Å². The van der Waals surface area contributed by atoms with E-state index >= 15 is 0 Å². The number of rotatable bonds is 5. The number of sulfonamides is 1. The number of nitro groups is 1. The molecule has 0 radical (unpaired) electrons. The van der Waals surface area contributed by atoms with Gasteiger partial charge >= 0.3 is 5.97 Å². The normalized spacial score (nSPS) is 11.0. The van der Waals surface area contributed by atoms with E-state index in [1.807, 2.05) is 0 Å². The number of benzene rings is 2. The van der Waals surface area contributed by atoms with Gasteiger partial charge in [0.05, 0.1) is 28.2 Å². The molecule has 0 amide bonds. The van der Waals surface area contributed by atoms with Crippen molar-refractivity contribution >= 4 is 27.4 Å². The second-order valence-corrected chi connectivity index (χ2v) is 6.98. The molecule has 25 heavy (non-hydrogen) atoms. The molecule has 8 nitrogen and oxygen atoms in total. The number of nitrogens with zero attached hydrogens (tertiary/aromatic N) is 1. The van der Waals surface area contributed by atoms with E-state index in [9.17, 15) is 23.3 Å². The van der Waals surface area contributed by atoms with Crippen LogP contribution in [0.1, 0.15) is 21.5 Å². The highest BCUT2D eigenvalue weighted by Crippen LogP contribution is 2.26. The summed E-state index contributed by atoms with van der Waals surface area (Å²) >= 11 is 0. The zero-order valence-corrected chi connectivity index (χ0v) is 14.6. The molecule has 0 bridgehead atoms. The fourth-order valence-electron chi connectivity index (χ4n) is 2.21. The first-order chi connectivity index (χ1) is 11.7. The third kappa shape index (κ3) is 3.94. The molecule has 1 N–H and O–H groups in total. The Balaban J connectivity index is 2.41. The van der Waals surface area contributed by atoms with Crippen molar-refractivity contribution in [2.24, 2.45) is 0 Å². The van der Waals surface area contributed by atoms with Gasteiger partial charge in [-0.25, -0.2) is 13.2 Å². The number of nitrogens with one attached hydrogen (secondary N) is 1. The van der Waals surface area contributed by atoms with Crippen molar-refractivity contribution in [1.82, 2.24) is 0 Å². The summed E-state index contributed by atoms with van der Waals surface area (Å²) in [6, 6.07) is 7.98. The van der Waals surface area contributed by atoms with E-state index in [0.29, 0.717) is 11.1 Å². The number of carbonyl (C=O) groups is 1. The topological polar surface area (TPSA) is 116 Å². The quantitative estimate of drug-likeness (QED) is 0.495. The number of nitro benzene ring substituents is 1. The van der Waals surface area contributed by atoms with Crippen LogP contribution >= 0.6 is 0 Å². The zero-order chi connectivity index (χ0) is 18.8. The third-order valence-electron chi connectivity index (χ3n) is 3.56. The van der Waals surface area contributed by atoms with Gasteiger partial charge in [-0.1, -0.05) is 6.07 Å². The number of aryl methyl sites for hydroxylation is 2. The molecule has 9 heteroatoms. The van der Waals surface area contributed by atoms with Gasteiger partial charge in [0, 0.05) is 12.1 Å². The Morgan fingerprint density at radius 1 is 1.12 bits per heavy atom. The van der Waals surface area contributed by atoms with Gasteiger partial charge in [0.2, 0.25) is 0 Å². The van der Waals surface area contributed by atoms with Gasteiger partial charge in [0.15, 0.2) is 0 Å². The van der Waals surface area contributed by atoms with Crippen LogP contribution in [-0.2, 0) is 14.8 Å². The molecule has 0 spiro atoms. The predicted octanol–water partition coefficient (Wildman–Crippen LogP) is 2.80. The van der Waals surface area contributed by atoms with Crippen LogP contribution in [0.25, 0.3) is 0 Å². The summed E-state index contributed by atoms with van der Waals surface area (Å²) in [6.45, 7) is 3.18. The maximum atomic E-state index is 12.6.